The first kappa shape index (κ1) is 10.2. The second-order valence-electron chi connectivity index (χ2n) is 2.69. The molecule has 0 atom stereocenters. The highest BCUT2D eigenvalue weighted by molar-refractivity contribution is 7.37. The number of ether oxygens (including phenoxy) is 2. The molecule has 2 rings (SSSR count). The van der Waals surface area contributed by atoms with Crippen molar-refractivity contribution in [3.8, 4) is 5.88 Å². The summed E-state index contributed by atoms with van der Waals surface area (Å²) in [6, 6.07) is 0. The summed E-state index contributed by atoms with van der Waals surface area (Å²) in [5.41, 5.74) is 6.21. The summed E-state index contributed by atoms with van der Waals surface area (Å²) in [7, 11) is 2.84. The summed E-state index contributed by atoms with van der Waals surface area (Å²) >= 11 is 2.53. The Kier molecular flexibility index (Phi) is 2.49. The quantitative estimate of drug-likeness (QED) is 0.814. The Hall–Kier alpha value is -1.34. The standard InChI is InChI=1S/C8H8N2O3S2/c1-12-6-3-4(9)5(7(11)13-2)14-8(3)15-10-6/h9H2,1-2H3. The summed E-state index contributed by atoms with van der Waals surface area (Å²) in [5.74, 6) is 0.0295. The van der Waals surface area contributed by atoms with Crippen molar-refractivity contribution in [2.75, 3.05) is 20.0 Å². The SMILES string of the molecule is COC(=O)c1sc2snc(OC)c2c1N. The Labute approximate surface area is 93.6 Å². The third kappa shape index (κ3) is 1.44. The van der Waals surface area contributed by atoms with E-state index in [0.717, 1.165) is 4.01 Å². The van der Waals surface area contributed by atoms with Crippen LogP contribution < -0.4 is 10.5 Å². The van der Waals surface area contributed by atoms with Gasteiger partial charge in [-0.25, -0.2) is 4.79 Å². The number of nitrogen functional groups attached to an aromatic ring is 1. The van der Waals surface area contributed by atoms with Crippen LogP contribution in [0.3, 0.4) is 0 Å². The molecule has 0 fully saturated rings. The largest absolute Gasteiger partial charge is 0.480 e. The predicted octanol–water partition coefficient (Wildman–Crippen LogP) is 1.74. The minimum atomic E-state index is -0.428. The molecule has 0 saturated heterocycles. The Morgan fingerprint density at radius 3 is 2.80 bits per heavy atom. The molecule has 0 saturated carbocycles. The van der Waals surface area contributed by atoms with Crippen molar-refractivity contribution in [1.82, 2.24) is 4.37 Å². The topological polar surface area (TPSA) is 74.4 Å². The number of methoxy groups -OCH3 is 2. The number of aromatic nitrogens is 1. The van der Waals surface area contributed by atoms with Gasteiger partial charge in [-0.3, -0.25) is 0 Å². The van der Waals surface area contributed by atoms with E-state index < -0.39 is 5.97 Å². The fourth-order valence-electron chi connectivity index (χ4n) is 1.20. The van der Waals surface area contributed by atoms with E-state index in [9.17, 15) is 4.79 Å². The highest BCUT2D eigenvalue weighted by Crippen LogP contribution is 2.41. The number of esters is 1. The molecule has 0 aliphatic heterocycles. The van der Waals surface area contributed by atoms with Crippen molar-refractivity contribution in [2.45, 2.75) is 0 Å². The van der Waals surface area contributed by atoms with Gasteiger partial charge >= 0.3 is 5.97 Å². The van der Waals surface area contributed by atoms with Gasteiger partial charge in [0, 0.05) is 0 Å². The average Bonchev–Trinajstić information content (AvgIpc) is 2.78. The summed E-state index contributed by atoms with van der Waals surface area (Å²) in [6.07, 6.45) is 0. The number of nitrogens with two attached hydrogens (primary N) is 1. The minimum Gasteiger partial charge on any atom is -0.480 e. The second-order valence-corrected chi connectivity index (χ2v) is 4.74. The third-order valence-corrected chi connectivity index (χ3v) is 3.98. The van der Waals surface area contributed by atoms with Gasteiger partial charge in [0.15, 0.2) is 0 Å². The summed E-state index contributed by atoms with van der Waals surface area (Å²) < 4.78 is 14.6. The van der Waals surface area contributed by atoms with Gasteiger partial charge in [0.2, 0.25) is 5.88 Å². The molecule has 5 nitrogen and oxygen atoms in total. The molecular formula is C8H8N2O3S2. The van der Waals surface area contributed by atoms with Crippen LogP contribution in [0.4, 0.5) is 5.69 Å². The lowest BCUT2D eigenvalue weighted by Gasteiger charge is -1.97. The highest BCUT2D eigenvalue weighted by atomic mass is 32.2. The van der Waals surface area contributed by atoms with Crippen molar-refractivity contribution in [3.63, 3.8) is 0 Å². The zero-order valence-electron chi connectivity index (χ0n) is 8.07. The molecule has 2 aromatic rings. The maximum absolute atomic E-state index is 11.4. The number of anilines is 1. The van der Waals surface area contributed by atoms with Gasteiger partial charge in [-0.15, -0.1) is 11.3 Å². The van der Waals surface area contributed by atoms with Crippen molar-refractivity contribution >= 4 is 43.9 Å². The number of hydrogen-bond donors (Lipinski definition) is 1. The first-order valence-corrected chi connectivity index (χ1v) is 5.58. The molecule has 2 aromatic heterocycles. The maximum atomic E-state index is 11.4. The monoisotopic (exact) mass is 244 g/mol. The van der Waals surface area contributed by atoms with E-state index in [2.05, 4.69) is 9.11 Å². The molecule has 0 spiro atoms. The average molecular weight is 244 g/mol. The molecule has 7 heteroatoms. The van der Waals surface area contributed by atoms with Gasteiger partial charge in [-0.1, -0.05) is 0 Å². The zero-order valence-corrected chi connectivity index (χ0v) is 9.70. The predicted molar refractivity (Wildman–Crippen MR) is 59.8 cm³/mol. The van der Waals surface area contributed by atoms with Crippen LogP contribution in [0.2, 0.25) is 0 Å². The maximum Gasteiger partial charge on any atom is 0.350 e. The minimum absolute atomic E-state index is 0.382. The molecular weight excluding hydrogens is 236 g/mol. The van der Waals surface area contributed by atoms with Crippen molar-refractivity contribution in [3.05, 3.63) is 4.88 Å². The molecule has 0 unspecified atom stereocenters. The molecule has 80 valence electrons. The van der Waals surface area contributed by atoms with Crippen LogP contribution >= 0.6 is 22.9 Å². The molecule has 0 radical (unpaired) electrons. The fourth-order valence-corrected chi connectivity index (χ4v) is 3.20. The van der Waals surface area contributed by atoms with Crippen molar-refractivity contribution in [1.29, 1.82) is 0 Å². The Balaban J connectivity index is 2.65. The van der Waals surface area contributed by atoms with Gasteiger partial charge in [-0.05, 0) is 11.5 Å². The Bertz CT molecular complexity index is 517. The smallest absolute Gasteiger partial charge is 0.350 e. The van der Waals surface area contributed by atoms with E-state index in [0.29, 0.717) is 21.8 Å². The van der Waals surface area contributed by atoms with Crippen LogP contribution in [-0.2, 0) is 4.74 Å². The number of fused-ring (bicyclic) bond motifs is 1. The molecule has 2 N–H and O–H groups in total. The van der Waals surface area contributed by atoms with E-state index in [-0.39, 0.29) is 0 Å². The van der Waals surface area contributed by atoms with E-state index >= 15 is 0 Å². The number of thiophene rings is 1. The molecule has 0 amide bonds. The van der Waals surface area contributed by atoms with Gasteiger partial charge in [-0.2, -0.15) is 4.37 Å². The van der Waals surface area contributed by atoms with Crippen LogP contribution in [0.5, 0.6) is 5.88 Å². The van der Waals surface area contributed by atoms with Crippen molar-refractivity contribution in [2.24, 2.45) is 0 Å². The lowest BCUT2D eigenvalue weighted by molar-refractivity contribution is 0.0607. The van der Waals surface area contributed by atoms with Crippen LogP contribution in [0.15, 0.2) is 0 Å². The van der Waals surface area contributed by atoms with E-state index in [4.69, 9.17) is 10.5 Å². The summed E-state index contributed by atoms with van der Waals surface area (Å²) in [6.45, 7) is 0. The Morgan fingerprint density at radius 2 is 2.20 bits per heavy atom. The Morgan fingerprint density at radius 1 is 1.47 bits per heavy atom. The molecule has 0 aliphatic carbocycles. The first-order valence-electron chi connectivity index (χ1n) is 3.99. The van der Waals surface area contributed by atoms with Gasteiger partial charge in [0.25, 0.3) is 0 Å². The second kappa shape index (κ2) is 3.67. The number of rotatable bonds is 2. The lowest BCUT2D eigenvalue weighted by Crippen LogP contribution is -2.01. The van der Waals surface area contributed by atoms with Crippen LogP contribution in [0.25, 0.3) is 9.40 Å². The summed E-state index contributed by atoms with van der Waals surface area (Å²) in [4.78, 5) is 11.8. The number of carbonyl (C=O) groups excluding carboxylic acids is 1. The van der Waals surface area contributed by atoms with Crippen LogP contribution in [0, 0.1) is 0 Å². The number of hydrogen-bond acceptors (Lipinski definition) is 7. The van der Waals surface area contributed by atoms with Crippen LogP contribution in [0.1, 0.15) is 9.67 Å². The zero-order chi connectivity index (χ0) is 11.0. The van der Waals surface area contributed by atoms with E-state index in [1.807, 2.05) is 0 Å². The number of nitrogens with zero attached hydrogens (tertiary/aromatic N) is 1. The summed E-state index contributed by atoms with van der Waals surface area (Å²) in [5, 5.41) is 0.702. The number of carbonyl (C=O) groups is 1. The highest BCUT2D eigenvalue weighted by Gasteiger charge is 2.21. The molecule has 2 heterocycles. The van der Waals surface area contributed by atoms with Gasteiger partial charge in [0.1, 0.15) is 8.89 Å². The first-order chi connectivity index (χ1) is 7.19. The van der Waals surface area contributed by atoms with Gasteiger partial charge < -0.3 is 15.2 Å². The molecule has 0 aliphatic rings. The van der Waals surface area contributed by atoms with Gasteiger partial charge in [0.05, 0.1) is 25.3 Å². The van der Waals surface area contributed by atoms with E-state index in [1.54, 1.807) is 0 Å². The van der Waals surface area contributed by atoms with Crippen molar-refractivity contribution < 1.29 is 14.3 Å². The lowest BCUT2D eigenvalue weighted by atomic mass is 10.3. The molecule has 0 bridgehead atoms. The fraction of sp³-hybridized carbons (Fsp3) is 0.250. The third-order valence-electron chi connectivity index (χ3n) is 1.90. The molecule has 0 aromatic carbocycles. The van der Waals surface area contributed by atoms with E-state index in [1.165, 1.54) is 37.1 Å². The molecule has 15 heavy (non-hydrogen) atoms. The normalized spacial score (nSPS) is 10.5. The van der Waals surface area contributed by atoms with Crippen LogP contribution in [-0.4, -0.2) is 24.6 Å².